The first kappa shape index (κ1) is 14.9. The van der Waals surface area contributed by atoms with Crippen molar-refractivity contribution in [2.24, 2.45) is 5.41 Å². The molecule has 5 heteroatoms. The molecule has 1 heterocycles. The van der Waals surface area contributed by atoms with Gasteiger partial charge in [0.05, 0.1) is 4.90 Å². The van der Waals surface area contributed by atoms with Crippen molar-refractivity contribution in [3.8, 4) is 0 Å². The van der Waals surface area contributed by atoms with E-state index < -0.39 is 15.4 Å². The van der Waals surface area contributed by atoms with E-state index in [9.17, 15) is 13.2 Å². The van der Waals surface area contributed by atoms with Crippen LogP contribution in [-0.4, -0.2) is 31.6 Å². The predicted octanol–water partition coefficient (Wildman–Crippen LogP) is 2.24. The third-order valence-corrected chi connectivity index (χ3v) is 6.02. The minimum Gasteiger partial charge on any atom is -0.290 e. The Hall–Kier alpha value is -1.98. The Morgan fingerprint density at radius 1 is 1.14 bits per heavy atom. The fourth-order valence-electron chi connectivity index (χ4n) is 2.76. The van der Waals surface area contributed by atoms with Crippen molar-refractivity contribution in [2.75, 3.05) is 13.1 Å². The van der Waals surface area contributed by atoms with Gasteiger partial charge in [-0.25, -0.2) is 8.42 Å². The van der Waals surface area contributed by atoms with Gasteiger partial charge in [-0.2, -0.15) is 4.31 Å². The highest BCUT2D eigenvalue weighted by Gasteiger charge is 2.43. The molecule has 1 fully saturated rings. The van der Waals surface area contributed by atoms with Crippen LogP contribution in [0, 0.1) is 12.3 Å². The topological polar surface area (TPSA) is 54.5 Å². The van der Waals surface area contributed by atoms with Crippen LogP contribution in [0.25, 0.3) is 0 Å². The zero-order valence-electron chi connectivity index (χ0n) is 12.3. The van der Waals surface area contributed by atoms with Gasteiger partial charge in [0.25, 0.3) is 0 Å². The predicted molar refractivity (Wildman–Crippen MR) is 84.8 cm³/mol. The molecule has 3 rings (SSSR count). The molecule has 0 bridgehead atoms. The highest BCUT2D eigenvalue weighted by atomic mass is 32.2. The van der Waals surface area contributed by atoms with Crippen molar-refractivity contribution in [3.05, 3.63) is 66.3 Å². The Balaban J connectivity index is 1.93. The monoisotopic (exact) mass is 315 g/mol. The Kier molecular flexibility index (Phi) is 3.42. The van der Waals surface area contributed by atoms with Gasteiger partial charge in [0.2, 0.25) is 10.0 Å². The average Bonchev–Trinajstić information content (AvgIpc) is 2.81. The van der Waals surface area contributed by atoms with E-state index in [4.69, 9.17) is 0 Å². The van der Waals surface area contributed by atoms with Gasteiger partial charge in [0.1, 0.15) is 0 Å². The summed E-state index contributed by atoms with van der Waals surface area (Å²) in [6.07, 6.45) is 6.46. The van der Waals surface area contributed by atoms with E-state index in [0.29, 0.717) is 0 Å². The maximum absolute atomic E-state index is 12.8. The molecule has 2 aliphatic rings. The van der Waals surface area contributed by atoms with Gasteiger partial charge in [-0.05, 0) is 36.8 Å². The summed E-state index contributed by atoms with van der Waals surface area (Å²) in [5.74, 6) is -0.0849. The summed E-state index contributed by atoms with van der Waals surface area (Å²) in [4.78, 5) is 11.6. The number of carbonyl (C=O) groups excluding carboxylic acids is 1. The summed E-state index contributed by atoms with van der Waals surface area (Å²) in [5, 5.41) is 0. The molecule has 0 unspecified atom stereocenters. The summed E-state index contributed by atoms with van der Waals surface area (Å²) in [7, 11) is -3.56. The van der Waals surface area contributed by atoms with Crippen LogP contribution in [0.3, 0.4) is 0 Å². The number of rotatable bonds is 2. The second kappa shape index (κ2) is 5.04. The largest absolute Gasteiger partial charge is 0.290 e. The smallest absolute Gasteiger partial charge is 0.243 e. The molecule has 1 saturated heterocycles. The molecule has 4 nitrogen and oxygen atoms in total. The van der Waals surface area contributed by atoms with Crippen LogP contribution in [0.5, 0.6) is 0 Å². The summed E-state index contributed by atoms with van der Waals surface area (Å²) in [6, 6.07) is 6.81. The minimum absolute atomic E-state index is 0.0849. The van der Waals surface area contributed by atoms with Crippen LogP contribution < -0.4 is 0 Å². The van der Waals surface area contributed by atoms with E-state index in [1.165, 1.54) is 16.5 Å². The molecule has 114 valence electrons. The molecule has 0 saturated carbocycles. The van der Waals surface area contributed by atoms with Gasteiger partial charge in [-0.15, -0.1) is 0 Å². The van der Waals surface area contributed by atoms with Crippen molar-refractivity contribution in [1.82, 2.24) is 4.31 Å². The number of allylic oxidation sites excluding steroid dienone is 2. The number of hydrogen-bond donors (Lipinski definition) is 0. The van der Waals surface area contributed by atoms with Gasteiger partial charge < -0.3 is 0 Å². The third kappa shape index (κ3) is 2.36. The van der Waals surface area contributed by atoms with Crippen LogP contribution in [0.2, 0.25) is 0 Å². The fourth-order valence-corrected chi connectivity index (χ4v) is 4.25. The van der Waals surface area contributed by atoms with E-state index in [2.05, 4.69) is 6.58 Å². The van der Waals surface area contributed by atoms with Gasteiger partial charge in [-0.1, -0.05) is 36.4 Å². The number of benzene rings is 1. The summed E-state index contributed by atoms with van der Waals surface area (Å²) < 4.78 is 26.9. The van der Waals surface area contributed by atoms with Crippen LogP contribution in [-0.2, 0) is 14.8 Å². The molecule has 1 aliphatic carbocycles. The quantitative estimate of drug-likeness (QED) is 0.787. The van der Waals surface area contributed by atoms with Gasteiger partial charge >= 0.3 is 0 Å². The van der Waals surface area contributed by atoms with E-state index in [1.807, 2.05) is 6.92 Å². The van der Waals surface area contributed by atoms with Crippen LogP contribution in [0.15, 0.2) is 65.6 Å². The second-order valence-corrected chi connectivity index (χ2v) is 7.74. The van der Waals surface area contributed by atoms with Crippen molar-refractivity contribution in [2.45, 2.75) is 11.8 Å². The zero-order chi connectivity index (χ0) is 16.0. The molecule has 0 aromatic heterocycles. The van der Waals surface area contributed by atoms with Crippen molar-refractivity contribution < 1.29 is 13.2 Å². The first-order valence-electron chi connectivity index (χ1n) is 7.01. The lowest BCUT2D eigenvalue weighted by molar-refractivity contribution is -0.110. The third-order valence-electron chi connectivity index (χ3n) is 4.21. The molecule has 0 amide bonds. The molecule has 1 aromatic carbocycles. The zero-order valence-corrected chi connectivity index (χ0v) is 13.1. The molecule has 1 spiro atoms. The molecule has 0 atom stereocenters. The van der Waals surface area contributed by atoms with E-state index in [1.54, 1.807) is 36.4 Å². The molecular weight excluding hydrogens is 298 g/mol. The van der Waals surface area contributed by atoms with Crippen molar-refractivity contribution in [3.63, 3.8) is 0 Å². The van der Waals surface area contributed by atoms with Crippen LogP contribution in [0.4, 0.5) is 0 Å². The van der Waals surface area contributed by atoms with Crippen molar-refractivity contribution >= 4 is 15.8 Å². The lowest BCUT2D eigenvalue weighted by Gasteiger charge is -2.24. The first-order chi connectivity index (χ1) is 10.3. The standard InChI is InChI=1S/C17H17NO3S/c1-13-3-5-16(6-4-13)22(20,21)18-11-14(2)17(12-18)9-7-15(19)8-10-17/h3-10H,2,11-12H2,1H3. The number of nitrogens with zero attached hydrogens (tertiary/aromatic N) is 1. The Bertz CT molecular complexity index is 785. The number of sulfonamides is 1. The normalized spacial score (nSPS) is 21.0. The summed E-state index contributed by atoms with van der Waals surface area (Å²) in [5.41, 5.74) is 1.23. The van der Waals surface area contributed by atoms with Gasteiger partial charge in [0.15, 0.2) is 5.78 Å². The Morgan fingerprint density at radius 3 is 2.32 bits per heavy atom. The molecule has 0 N–H and O–H groups in total. The Morgan fingerprint density at radius 2 is 1.73 bits per heavy atom. The minimum atomic E-state index is -3.56. The number of aryl methyl sites for hydroxylation is 1. The average molecular weight is 315 g/mol. The number of carbonyl (C=O) groups is 1. The lowest BCUT2D eigenvalue weighted by atomic mass is 9.80. The summed E-state index contributed by atoms with van der Waals surface area (Å²) in [6.45, 7) is 6.47. The number of hydrogen-bond acceptors (Lipinski definition) is 3. The van der Waals surface area contributed by atoms with E-state index >= 15 is 0 Å². The maximum Gasteiger partial charge on any atom is 0.243 e. The van der Waals surface area contributed by atoms with Gasteiger partial charge in [0, 0.05) is 18.5 Å². The second-order valence-electron chi connectivity index (χ2n) is 5.80. The highest BCUT2D eigenvalue weighted by Crippen LogP contribution is 2.41. The summed E-state index contributed by atoms with van der Waals surface area (Å²) >= 11 is 0. The Labute approximate surface area is 130 Å². The number of ketones is 1. The molecule has 1 aromatic rings. The molecule has 22 heavy (non-hydrogen) atoms. The van der Waals surface area contributed by atoms with E-state index in [0.717, 1.165) is 11.1 Å². The lowest BCUT2D eigenvalue weighted by Crippen LogP contribution is -2.31. The molecule has 0 radical (unpaired) electrons. The molecule has 1 aliphatic heterocycles. The highest BCUT2D eigenvalue weighted by molar-refractivity contribution is 7.89. The fraction of sp³-hybridized carbons (Fsp3) is 0.235. The SMILES string of the molecule is C=C1CN(S(=O)(=O)c2ccc(C)cc2)CC12C=CC(=O)C=C2. The van der Waals surface area contributed by atoms with Crippen molar-refractivity contribution in [1.29, 1.82) is 0 Å². The van der Waals surface area contributed by atoms with E-state index in [-0.39, 0.29) is 23.8 Å². The van der Waals surface area contributed by atoms with Gasteiger partial charge in [-0.3, -0.25) is 4.79 Å². The van der Waals surface area contributed by atoms with Crippen LogP contribution >= 0.6 is 0 Å². The van der Waals surface area contributed by atoms with Crippen LogP contribution in [0.1, 0.15) is 5.56 Å². The molecular formula is C17H17NO3S. The maximum atomic E-state index is 12.8. The first-order valence-corrected chi connectivity index (χ1v) is 8.45.